The average molecular weight is 428 g/mol. The predicted octanol–water partition coefficient (Wildman–Crippen LogP) is 3.35. The van der Waals surface area contributed by atoms with Gasteiger partial charge in [0.2, 0.25) is 11.8 Å². The van der Waals surface area contributed by atoms with Crippen LogP contribution in [0.2, 0.25) is 0 Å². The van der Waals surface area contributed by atoms with Crippen molar-refractivity contribution in [2.75, 3.05) is 18.7 Å². The Hall–Kier alpha value is -3.41. The Morgan fingerprint density at radius 1 is 0.938 bits per heavy atom. The molecule has 7 rings (SSSR count). The number of amides is 3. The first-order valence-corrected chi connectivity index (χ1v) is 11.1. The summed E-state index contributed by atoms with van der Waals surface area (Å²) in [5.74, 6) is 1.02. The number of ether oxygens (including phenoxy) is 1. The third-order valence-corrected chi connectivity index (χ3v) is 7.69. The maximum Gasteiger partial charge on any atom is 0.259 e. The minimum absolute atomic E-state index is 0.0838. The van der Waals surface area contributed by atoms with Crippen LogP contribution in [-0.4, -0.2) is 36.4 Å². The molecule has 2 aromatic carbocycles. The maximum absolute atomic E-state index is 13.4. The van der Waals surface area contributed by atoms with Gasteiger partial charge in [0, 0.05) is 11.3 Å². The van der Waals surface area contributed by atoms with E-state index in [-0.39, 0.29) is 48.1 Å². The third-order valence-electron chi connectivity index (χ3n) is 7.69. The first-order valence-electron chi connectivity index (χ1n) is 11.1. The predicted molar refractivity (Wildman–Crippen MR) is 118 cm³/mol. The molecule has 3 amide bonds. The van der Waals surface area contributed by atoms with Crippen molar-refractivity contribution in [3.05, 3.63) is 72.3 Å². The van der Waals surface area contributed by atoms with Crippen molar-refractivity contribution < 1.29 is 19.1 Å². The van der Waals surface area contributed by atoms with Crippen LogP contribution in [0.15, 0.2) is 66.7 Å². The molecule has 6 nitrogen and oxygen atoms in total. The SMILES string of the molecule is COc1ccc(N(CN2C(=O)[C@@H]3[C@H]4C=C[C@@H]([C@@H]5C[C@H]45)[C@H]3C2=O)C(=O)c2ccccc2)cc1. The summed E-state index contributed by atoms with van der Waals surface area (Å²) in [6.45, 7) is -0.0838. The van der Waals surface area contributed by atoms with Gasteiger partial charge in [-0.1, -0.05) is 30.4 Å². The van der Waals surface area contributed by atoms with Gasteiger partial charge in [-0.05, 0) is 66.5 Å². The lowest BCUT2D eigenvalue weighted by atomic mass is 9.63. The Balaban J connectivity index is 1.33. The first kappa shape index (κ1) is 19.3. The van der Waals surface area contributed by atoms with Crippen molar-refractivity contribution in [3.8, 4) is 5.75 Å². The molecule has 0 unspecified atom stereocenters. The molecule has 5 aliphatic rings. The van der Waals surface area contributed by atoms with Crippen molar-refractivity contribution in [1.29, 1.82) is 0 Å². The number of hydrogen-bond donors (Lipinski definition) is 0. The number of carbonyl (C=O) groups excluding carboxylic acids is 3. The summed E-state index contributed by atoms with van der Waals surface area (Å²) in [5, 5.41) is 0. The standard InChI is InChI=1S/C26H24N2O4/c1-32-17-9-7-16(8-10-17)27(24(29)15-5-3-2-4-6-15)14-28-25(30)22-18-11-12-19(21-13-20(18)21)23(22)26(28)31/h2-12,18-23H,13-14H2,1H3/t18-,19-,20-,21+,22+,23+/m0/s1. The zero-order valence-electron chi connectivity index (χ0n) is 17.8. The van der Waals surface area contributed by atoms with E-state index in [9.17, 15) is 14.4 Å². The van der Waals surface area contributed by atoms with Gasteiger partial charge in [-0.3, -0.25) is 24.2 Å². The van der Waals surface area contributed by atoms with E-state index in [1.165, 1.54) is 9.80 Å². The lowest BCUT2D eigenvalue weighted by Gasteiger charge is -2.37. The molecule has 6 atom stereocenters. The van der Waals surface area contributed by atoms with E-state index in [0.29, 0.717) is 28.8 Å². The number of benzene rings is 2. The molecule has 32 heavy (non-hydrogen) atoms. The highest BCUT2D eigenvalue weighted by Crippen LogP contribution is 2.65. The van der Waals surface area contributed by atoms with Crippen molar-refractivity contribution in [2.24, 2.45) is 35.5 Å². The van der Waals surface area contributed by atoms with Gasteiger partial charge in [0.15, 0.2) is 0 Å². The van der Waals surface area contributed by atoms with Gasteiger partial charge in [0.1, 0.15) is 12.4 Å². The highest BCUT2D eigenvalue weighted by molar-refractivity contribution is 6.09. The van der Waals surface area contributed by atoms with E-state index in [4.69, 9.17) is 4.74 Å². The smallest absolute Gasteiger partial charge is 0.259 e. The molecule has 0 spiro atoms. The number of hydrogen-bond acceptors (Lipinski definition) is 4. The summed E-state index contributed by atoms with van der Waals surface area (Å²) in [6.07, 6.45) is 5.44. The summed E-state index contributed by atoms with van der Waals surface area (Å²) in [4.78, 5) is 43.2. The monoisotopic (exact) mass is 428 g/mol. The van der Waals surface area contributed by atoms with E-state index in [2.05, 4.69) is 12.2 Å². The molecule has 1 aliphatic heterocycles. The molecule has 162 valence electrons. The molecule has 3 fully saturated rings. The highest BCUT2D eigenvalue weighted by atomic mass is 16.5. The molecule has 4 aliphatic carbocycles. The van der Waals surface area contributed by atoms with Crippen LogP contribution in [-0.2, 0) is 9.59 Å². The Morgan fingerprint density at radius 3 is 2.09 bits per heavy atom. The van der Waals surface area contributed by atoms with Crippen LogP contribution in [0.4, 0.5) is 5.69 Å². The highest BCUT2D eigenvalue weighted by Gasteiger charge is 2.67. The molecule has 1 saturated heterocycles. The van der Waals surface area contributed by atoms with Crippen molar-refractivity contribution in [2.45, 2.75) is 6.42 Å². The fraction of sp³-hybridized carbons (Fsp3) is 0.346. The van der Waals surface area contributed by atoms with Crippen LogP contribution < -0.4 is 9.64 Å². The summed E-state index contributed by atoms with van der Waals surface area (Å²) in [6, 6.07) is 16.0. The largest absolute Gasteiger partial charge is 0.497 e. The molecule has 2 bridgehead atoms. The number of carbonyl (C=O) groups is 3. The van der Waals surface area contributed by atoms with Gasteiger partial charge in [-0.2, -0.15) is 0 Å². The van der Waals surface area contributed by atoms with Crippen LogP contribution >= 0.6 is 0 Å². The number of methoxy groups -OCH3 is 1. The number of likely N-dealkylation sites (tertiary alicyclic amines) is 1. The van der Waals surface area contributed by atoms with E-state index in [0.717, 1.165) is 6.42 Å². The molecular weight excluding hydrogens is 404 g/mol. The number of rotatable bonds is 5. The van der Waals surface area contributed by atoms with Crippen LogP contribution in [0, 0.1) is 35.5 Å². The molecular formula is C26H24N2O4. The third kappa shape index (κ3) is 2.75. The van der Waals surface area contributed by atoms with E-state index in [1.54, 1.807) is 55.6 Å². The van der Waals surface area contributed by atoms with Crippen LogP contribution in [0.3, 0.4) is 0 Å². The Bertz CT molecular complexity index is 1090. The average Bonchev–Trinajstić information content (AvgIpc) is 3.63. The summed E-state index contributed by atoms with van der Waals surface area (Å²) >= 11 is 0. The number of nitrogens with zero attached hydrogens (tertiary/aromatic N) is 2. The van der Waals surface area contributed by atoms with Gasteiger partial charge in [-0.15, -0.1) is 0 Å². The van der Waals surface area contributed by atoms with Gasteiger partial charge in [-0.25, -0.2) is 0 Å². The van der Waals surface area contributed by atoms with Gasteiger partial charge >= 0.3 is 0 Å². The topological polar surface area (TPSA) is 66.9 Å². The molecule has 6 heteroatoms. The minimum Gasteiger partial charge on any atom is -0.497 e. The molecule has 0 N–H and O–H groups in total. The molecule has 0 aromatic heterocycles. The maximum atomic E-state index is 13.4. The van der Waals surface area contributed by atoms with Crippen molar-refractivity contribution in [3.63, 3.8) is 0 Å². The summed E-state index contributed by atoms with van der Waals surface area (Å²) in [5.41, 5.74) is 1.11. The second kappa shape index (κ2) is 7.05. The number of anilines is 1. The molecule has 2 saturated carbocycles. The normalized spacial score (nSPS) is 31.3. The van der Waals surface area contributed by atoms with Crippen LogP contribution in [0.25, 0.3) is 0 Å². The molecule has 0 radical (unpaired) electrons. The van der Waals surface area contributed by atoms with E-state index >= 15 is 0 Å². The lowest BCUT2D eigenvalue weighted by molar-refractivity contribution is -0.140. The number of imide groups is 1. The van der Waals surface area contributed by atoms with Crippen LogP contribution in [0.1, 0.15) is 16.8 Å². The van der Waals surface area contributed by atoms with Gasteiger partial charge < -0.3 is 4.74 Å². The Kier molecular flexibility index (Phi) is 4.25. The van der Waals surface area contributed by atoms with E-state index in [1.807, 2.05) is 6.07 Å². The van der Waals surface area contributed by atoms with Crippen molar-refractivity contribution in [1.82, 2.24) is 4.90 Å². The fourth-order valence-corrected chi connectivity index (χ4v) is 6.06. The minimum atomic E-state index is -0.272. The lowest BCUT2D eigenvalue weighted by Crippen LogP contribution is -2.45. The zero-order valence-corrected chi connectivity index (χ0v) is 17.8. The summed E-state index contributed by atoms with van der Waals surface area (Å²) in [7, 11) is 1.58. The Morgan fingerprint density at radius 2 is 1.53 bits per heavy atom. The quantitative estimate of drug-likeness (QED) is 0.541. The zero-order chi connectivity index (χ0) is 22.0. The first-order chi connectivity index (χ1) is 15.6. The van der Waals surface area contributed by atoms with Crippen molar-refractivity contribution >= 4 is 23.4 Å². The second-order valence-corrected chi connectivity index (χ2v) is 9.20. The second-order valence-electron chi connectivity index (χ2n) is 9.20. The van der Waals surface area contributed by atoms with Gasteiger partial charge in [0.05, 0.1) is 18.9 Å². The Labute approximate surface area is 186 Å². The van der Waals surface area contributed by atoms with E-state index < -0.39 is 0 Å². The molecule has 1 heterocycles. The summed E-state index contributed by atoms with van der Waals surface area (Å²) < 4.78 is 5.24. The number of allylic oxidation sites excluding steroid dienone is 2. The van der Waals surface area contributed by atoms with Crippen LogP contribution in [0.5, 0.6) is 5.75 Å². The molecule has 2 aromatic rings. The van der Waals surface area contributed by atoms with Gasteiger partial charge in [0.25, 0.3) is 5.91 Å². The fourth-order valence-electron chi connectivity index (χ4n) is 6.06.